The van der Waals surface area contributed by atoms with Crippen molar-refractivity contribution in [2.75, 3.05) is 19.7 Å². The first-order valence-corrected chi connectivity index (χ1v) is 10.4. The Bertz CT molecular complexity index is 800. The molecule has 2 aromatic rings. The predicted molar refractivity (Wildman–Crippen MR) is 107 cm³/mol. The van der Waals surface area contributed by atoms with Gasteiger partial charge < -0.3 is 14.7 Å². The van der Waals surface area contributed by atoms with Crippen molar-refractivity contribution in [1.29, 1.82) is 0 Å². The molecular formula is C24H27NO3. The summed E-state index contributed by atoms with van der Waals surface area (Å²) in [6.07, 6.45) is 2.68. The van der Waals surface area contributed by atoms with Crippen LogP contribution in [0, 0.1) is 11.8 Å². The van der Waals surface area contributed by atoms with Gasteiger partial charge in [-0.1, -0.05) is 60.7 Å². The van der Waals surface area contributed by atoms with Crippen LogP contribution in [-0.2, 0) is 9.53 Å². The maximum atomic E-state index is 13.3. The number of ether oxygens (including phenoxy) is 1. The van der Waals surface area contributed by atoms with Crippen LogP contribution in [0.1, 0.15) is 36.3 Å². The number of hydrogen-bond acceptors (Lipinski definition) is 3. The summed E-state index contributed by atoms with van der Waals surface area (Å²) in [4.78, 5) is 15.3. The molecule has 0 aliphatic carbocycles. The van der Waals surface area contributed by atoms with Crippen molar-refractivity contribution in [2.24, 2.45) is 11.8 Å². The smallest absolute Gasteiger partial charge is 0.223 e. The molecule has 0 unspecified atom stereocenters. The second-order valence-corrected chi connectivity index (χ2v) is 8.57. The molecular weight excluding hydrogens is 350 g/mol. The van der Waals surface area contributed by atoms with E-state index in [1.807, 2.05) is 41.3 Å². The summed E-state index contributed by atoms with van der Waals surface area (Å²) in [6.45, 7) is 1.56. The van der Waals surface area contributed by atoms with E-state index in [4.69, 9.17) is 4.74 Å². The largest absolute Gasteiger partial charge is 0.396 e. The molecule has 1 N–H and O–H groups in total. The SMILES string of the molecule is O=C(CC(c1ccccc1)c1ccccc1)N1C[C@@H]2[C@H](CO)[C@H]3CC[C@]2(C1)O3. The summed E-state index contributed by atoms with van der Waals surface area (Å²) in [7, 11) is 0. The maximum Gasteiger partial charge on any atom is 0.223 e. The molecule has 0 radical (unpaired) electrons. The molecule has 28 heavy (non-hydrogen) atoms. The lowest BCUT2D eigenvalue weighted by Gasteiger charge is -2.27. The standard InChI is InChI=1S/C24H27NO3/c26-15-20-21-14-25(16-24(21)12-11-22(20)28-24)23(27)13-19(17-7-3-1-4-8-17)18-9-5-2-6-10-18/h1-10,19-22,26H,11-16H2/t20-,21+,22+,24+/m0/s1. The van der Waals surface area contributed by atoms with Crippen LogP contribution in [0.25, 0.3) is 0 Å². The molecule has 3 aliphatic heterocycles. The van der Waals surface area contributed by atoms with E-state index >= 15 is 0 Å². The van der Waals surface area contributed by atoms with Crippen LogP contribution in [0.5, 0.6) is 0 Å². The van der Waals surface area contributed by atoms with Crippen LogP contribution in [0.15, 0.2) is 60.7 Å². The fourth-order valence-corrected chi connectivity index (χ4v) is 5.73. The Morgan fingerprint density at radius 1 is 1.11 bits per heavy atom. The zero-order valence-electron chi connectivity index (χ0n) is 16.0. The van der Waals surface area contributed by atoms with Crippen molar-refractivity contribution in [3.63, 3.8) is 0 Å². The summed E-state index contributed by atoms with van der Waals surface area (Å²) in [5.74, 6) is 0.710. The number of nitrogens with zero attached hydrogens (tertiary/aromatic N) is 1. The van der Waals surface area contributed by atoms with E-state index in [9.17, 15) is 9.90 Å². The molecule has 2 aromatic carbocycles. The lowest BCUT2D eigenvalue weighted by atomic mass is 9.74. The number of aliphatic hydroxyl groups is 1. The molecule has 0 saturated carbocycles. The Hall–Kier alpha value is -2.17. The number of rotatable bonds is 5. The quantitative estimate of drug-likeness (QED) is 0.871. The number of likely N-dealkylation sites (tertiary alicyclic amines) is 1. The number of carbonyl (C=O) groups excluding carboxylic acids is 1. The summed E-state index contributed by atoms with van der Waals surface area (Å²) in [5.41, 5.74) is 2.14. The van der Waals surface area contributed by atoms with E-state index in [-0.39, 0.29) is 42.0 Å². The van der Waals surface area contributed by atoms with Crippen LogP contribution >= 0.6 is 0 Å². The minimum Gasteiger partial charge on any atom is -0.396 e. The summed E-state index contributed by atoms with van der Waals surface area (Å²) >= 11 is 0. The average Bonchev–Trinajstić information content (AvgIpc) is 3.41. The van der Waals surface area contributed by atoms with Crippen molar-refractivity contribution in [3.05, 3.63) is 71.8 Å². The Labute approximate surface area is 166 Å². The van der Waals surface area contributed by atoms with Crippen molar-refractivity contribution in [1.82, 2.24) is 4.90 Å². The van der Waals surface area contributed by atoms with Crippen LogP contribution in [0.3, 0.4) is 0 Å². The number of amides is 1. The minimum absolute atomic E-state index is 0.0544. The molecule has 4 nitrogen and oxygen atoms in total. The second-order valence-electron chi connectivity index (χ2n) is 8.57. The fraction of sp³-hybridized carbons (Fsp3) is 0.458. The monoisotopic (exact) mass is 377 g/mol. The molecule has 1 amide bonds. The molecule has 3 fully saturated rings. The third kappa shape index (κ3) is 2.87. The Morgan fingerprint density at radius 3 is 2.36 bits per heavy atom. The summed E-state index contributed by atoms with van der Waals surface area (Å²) in [6, 6.07) is 20.6. The van der Waals surface area contributed by atoms with Gasteiger partial charge in [0.15, 0.2) is 0 Å². The van der Waals surface area contributed by atoms with E-state index in [0.29, 0.717) is 13.0 Å². The third-order valence-corrected chi connectivity index (χ3v) is 7.13. The summed E-state index contributed by atoms with van der Waals surface area (Å²) < 4.78 is 6.29. The summed E-state index contributed by atoms with van der Waals surface area (Å²) in [5, 5.41) is 9.82. The van der Waals surface area contributed by atoms with Gasteiger partial charge in [-0.3, -0.25) is 4.79 Å². The lowest BCUT2D eigenvalue weighted by Crippen LogP contribution is -2.38. The van der Waals surface area contributed by atoms with E-state index in [1.165, 1.54) is 11.1 Å². The molecule has 146 valence electrons. The Morgan fingerprint density at radius 2 is 1.75 bits per heavy atom. The van der Waals surface area contributed by atoms with Gasteiger partial charge in [0, 0.05) is 37.3 Å². The van der Waals surface area contributed by atoms with Crippen molar-refractivity contribution < 1.29 is 14.6 Å². The normalized spacial score (nSPS) is 30.8. The molecule has 0 aromatic heterocycles. The number of aliphatic hydroxyl groups excluding tert-OH is 1. The van der Waals surface area contributed by atoms with E-state index in [2.05, 4.69) is 24.3 Å². The molecule has 4 atom stereocenters. The maximum absolute atomic E-state index is 13.3. The zero-order chi connectivity index (χ0) is 19.1. The van der Waals surface area contributed by atoms with Gasteiger partial charge in [-0.25, -0.2) is 0 Å². The van der Waals surface area contributed by atoms with E-state index < -0.39 is 0 Å². The first kappa shape index (κ1) is 17.9. The molecule has 4 heteroatoms. The molecule has 5 rings (SSSR count). The van der Waals surface area contributed by atoms with Gasteiger partial charge in [-0.15, -0.1) is 0 Å². The molecule has 3 aliphatic rings. The predicted octanol–water partition coefficient (Wildman–Crippen LogP) is 3.21. The minimum atomic E-state index is -0.206. The van der Waals surface area contributed by atoms with Crippen molar-refractivity contribution in [2.45, 2.75) is 36.9 Å². The number of benzene rings is 2. The van der Waals surface area contributed by atoms with Gasteiger partial charge in [0.05, 0.1) is 18.2 Å². The van der Waals surface area contributed by atoms with Gasteiger partial charge >= 0.3 is 0 Å². The van der Waals surface area contributed by atoms with Gasteiger partial charge in [0.1, 0.15) is 0 Å². The van der Waals surface area contributed by atoms with Crippen LogP contribution in [0.4, 0.5) is 0 Å². The third-order valence-electron chi connectivity index (χ3n) is 7.13. The fourth-order valence-electron chi connectivity index (χ4n) is 5.73. The Kier molecular flexibility index (Phi) is 4.48. The molecule has 2 bridgehead atoms. The van der Waals surface area contributed by atoms with Gasteiger partial charge in [0.2, 0.25) is 5.91 Å². The topological polar surface area (TPSA) is 49.8 Å². The second kappa shape index (κ2) is 7.02. The number of fused-ring (bicyclic) bond motifs is 1. The lowest BCUT2D eigenvalue weighted by molar-refractivity contribution is -0.132. The van der Waals surface area contributed by atoms with Gasteiger partial charge in [-0.2, -0.15) is 0 Å². The number of hydrogen-bond donors (Lipinski definition) is 1. The highest BCUT2D eigenvalue weighted by Gasteiger charge is 2.63. The highest BCUT2D eigenvalue weighted by molar-refractivity contribution is 5.78. The zero-order valence-corrected chi connectivity index (χ0v) is 16.0. The van der Waals surface area contributed by atoms with Crippen LogP contribution in [0.2, 0.25) is 0 Å². The van der Waals surface area contributed by atoms with Crippen LogP contribution in [-0.4, -0.2) is 47.3 Å². The van der Waals surface area contributed by atoms with E-state index in [1.54, 1.807) is 0 Å². The average molecular weight is 377 g/mol. The Balaban J connectivity index is 1.36. The molecule has 3 heterocycles. The van der Waals surface area contributed by atoms with Crippen molar-refractivity contribution in [3.8, 4) is 0 Å². The first-order valence-electron chi connectivity index (χ1n) is 10.4. The highest BCUT2D eigenvalue weighted by Crippen LogP contribution is 2.54. The molecule has 1 spiro atoms. The van der Waals surface area contributed by atoms with E-state index in [0.717, 1.165) is 19.4 Å². The van der Waals surface area contributed by atoms with Gasteiger partial charge in [0.25, 0.3) is 0 Å². The molecule has 3 saturated heterocycles. The first-order chi connectivity index (χ1) is 13.7. The van der Waals surface area contributed by atoms with Crippen molar-refractivity contribution >= 4 is 5.91 Å². The highest BCUT2D eigenvalue weighted by atomic mass is 16.5. The van der Waals surface area contributed by atoms with Gasteiger partial charge in [-0.05, 0) is 24.0 Å². The number of carbonyl (C=O) groups is 1. The van der Waals surface area contributed by atoms with Crippen LogP contribution < -0.4 is 0 Å².